The van der Waals surface area contributed by atoms with E-state index < -0.39 is 11.7 Å². The minimum atomic E-state index is -0.558. The van der Waals surface area contributed by atoms with Crippen molar-refractivity contribution in [2.24, 2.45) is 0 Å². The number of phenols is 2. The maximum atomic E-state index is 11.3. The van der Waals surface area contributed by atoms with Crippen LogP contribution in [0.1, 0.15) is 36.7 Å². The Morgan fingerprint density at radius 1 is 1.07 bits per heavy atom. The molecule has 2 rings (SSSR count). The molecule has 0 heterocycles. The van der Waals surface area contributed by atoms with Gasteiger partial charge < -0.3 is 14.9 Å². The molecule has 0 bridgehead atoms. The number of hydrogen-bond donors (Lipinski definition) is 4. The van der Waals surface area contributed by atoms with Crippen LogP contribution < -0.4 is 10.9 Å². The quantitative estimate of drug-likeness (QED) is 0.347. The molecule has 0 aliphatic rings. The molecular weight excluding hydrogens is 496 g/mol. The normalized spacial score (nSPS) is 10.5. The second kappa shape index (κ2) is 11.0. The second-order valence-electron chi connectivity index (χ2n) is 6.57. The van der Waals surface area contributed by atoms with E-state index >= 15 is 0 Å². The molecule has 152 valence electrons. The van der Waals surface area contributed by atoms with Crippen LogP contribution >= 0.6 is 31.9 Å². The molecule has 0 unspecified atom stereocenters. The number of carbonyl (C=O) groups is 2. The van der Waals surface area contributed by atoms with Gasteiger partial charge in [0.2, 0.25) is 0 Å². The van der Waals surface area contributed by atoms with Crippen molar-refractivity contribution >= 4 is 44.2 Å². The van der Waals surface area contributed by atoms with Crippen molar-refractivity contribution in [3.8, 4) is 11.5 Å². The average molecular weight is 518 g/mol. The highest BCUT2D eigenvalue weighted by atomic mass is 79.9. The van der Waals surface area contributed by atoms with Crippen LogP contribution in [0.2, 0.25) is 0 Å². The van der Waals surface area contributed by atoms with Crippen LogP contribution in [0, 0.1) is 0 Å². The predicted molar refractivity (Wildman–Crippen MR) is 113 cm³/mol. The molecule has 7 nitrogen and oxygen atoms in total. The number of benzene rings is 2. The van der Waals surface area contributed by atoms with E-state index in [4.69, 9.17) is 9.84 Å². The average Bonchev–Trinajstić information content (AvgIpc) is 2.59. The zero-order chi connectivity index (χ0) is 21.3. The minimum absolute atomic E-state index is 0.0122. The molecule has 4 N–H and O–H groups in total. The van der Waals surface area contributed by atoms with Gasteiger partial charge in [0.25, 0.3) is 0 Å². The van der Waals surface area contributed by atoms with Crippen molar-refractivity contribution in [3.63, 3.8) is 0 Å². The Hall–Kier alpha value is -2.10. The first-order chi connectivity index (χ1) is 13.0. The van der Waals surface area contributed by atoms with Crippen molar-refractivity contribution in [1.82, 2.24) is 10.9 Å². The van der Waals surface area contributed by atoms with Crippen LogP contribution in [-0.2, 0) is 11.3 Å². The molecule has 0 aliphatic carbocycles. The maximum absolute atomic E-state index is 11.3. The molecule has 9 heteroatoms. The maximum Gasteiger partial charge on any atom is 0.422 e. The highest BCUT2D eigenvalue weighted by Crippen LogP contribution is 2.21. The summed E-state index contributed by atoms with van der Waals surface area (Å²) in [5.41, 5.74) is 5.51. The zero-order valence-corrected chi connectivity index (χ0v) is 18.8. The lowest BCUT2D eigenvalue weighted by molar-refractivity contribution is 0.0496. The monoisotopic (exact) mass is 516 g/mol. The highest BCUT2D eigenvalue weighted by Gasteiger charge is 2.15. The molecule has 0 fully saturated rings. The summed E-state index contributed by atoms with van der Waals surface area (Å²) in [5, 5.41) is 18.6. The molecule has 1 amide bonds. The van der Waals surface area contributed by atoms with Gasteiger partial charge in [0.1, 0.15) is 17.1 Å². The molecule has 2 aromatic carbocycles. The van der Waals surface area contributed by atoms with Gasteiger partial charge in [0.15, 0.2) is 6.29 Å². The van der Waals surface area contributed by atoms with Gasteiger partial charge in [-0.15, -0.1) is 0 Å². The summed E-state index contributed by atoms with van der Waals surface area (Å²) in [6, 6.07) is 9.77. The van der Waals surface area contributed by atoms with E-state index in [9.17, 15) is 14.7 Å². The Kier molecular flexibility index (Phi) is 9.44. The van der Waals surface area contributed by atoms with Crippen LogP contribution in [0.25, 0.3) is 0 Å². The third-order valence-electron chi connectivity index (χ3n) is 3.03. The molecule has 0 saturated heterocycles. The van der Waals surface area contributed by atoms with E-state index in [1.807, 2.05) is 0 Å². The van der Waals surface area contributed by atoms with Gasteiger partial charge in [-0.25, -0.2) is 10.2 Å². The summed E-state index contributed by atoms with van der Waals surface area (Å²) < 4.78 is 6.69. The Labute approximate surface area is 180 Å². The Morgan fingerprint density at radius 3 is 2.18 bits per heavy atom. The molecule has 28 heavy (non-hydrogen) atoms. The van der Waals surface area contributed by atoms with Crippen molar-refractivity contribution in [1.29, 1.82) is 0 Å². The predicted octanol–water partition coefficient (Wildman–Crippen LogP) is 4.65. The third-order valence-corrected chi connectivity index (χ3v) is 4.01. The van der Waals surface area contributed by atoms with E-state index in [0.717, 1.165) is 8.95 Å². The van der Waals surface area contributed by atoms with E-state index in [-0.39, 0.29) is 11.5 Å². The molecule has 0 saturated carbocycles. The van der Waals surface area contributed by atoms with Gasteiger partial charge in [-0.05, 0) is 57.2 Å². The first-order valence-corrected chi connectivity index (χ1v) is 9.73. The topological polar surface area (TPSA) is 108 Å². The van der Waals surface area contributed by atoms with E-state index in [1.165, 1.54) is 6.07 Å². The summed E-state index contributed by atoms with van der Waals surface area (Å²) in [4.78, 5) is 21.5. The number of carbonyl (C=O) groups excluding carboxylic acids is 2. The number of ether oxygens (including phenoxy) is 1. The zero-order valence-electron chi connectivity index (χ0n) is 15.6. The van der Waals surface area contributed by atoms with Crippen LogP contribution in [0.3, 0.4) is 0 Å². The van der Waals surface area contributed by atoms with Crippen LogP contribution in [0.5, 0.6) is 11.5 Å². The van der Waals surface area contributed by atoms with Gasteiger partial charge in [-0.3, -0.25) is 10.2 Å². The van der Waals surface area contributed by atoms with Crippen molar-refractivity contribution in [2.45, 2.75) is 32.9 Å². The number of hydrazine groups is 1. The molecule has 0 aliphatic heterocycles. The smallest absolute Gasteiger partial charge is 0.422 e. The number of amides is 1. The van der Waals surface area contributed by atoms with Gasteiger partial charge >= 0.3 is 6.09 Å². The van der Waals surface area contributed by atoms with Gasteiger partial charge in [0, 0.05) is 21.1 Å². The van der Waals surface area contributed by atoms with Crippen LogP contribution in [0.15, 0.2) is 45.3 Å². The molecule has 0 radical (unpaired) electrons. The first-order valence-electron chi connectivity index (χ1n) is 8.15. The summed E-state index contributed by atoms with van der Waals surface area (Å²) in [6.07, 6.45) is 0.0529. The summed E-state index contributed by atoms with van der Waals surface area (Å²) in [5.74, 6) is 0.176. The van der Waals surface area contributed by atoms with E-state index in [1.54, 1.807) is 51.1 Å². The first kappa shape index (κ1) is 23.9. The molecule has 0 atom stereocenters. The molecular formula is C19H22Br2N2O5. The van der Waals surface area contributed by atoms with E-state index in [0.29, 0.717) is 24.0 Å². The number of rotatable bonds is 4. The summed E-state index contributed by atoms with van der Waals surface area (Å²) in [7, 11) is 0. The largest absolute Gasteiger partial charge is 0.508 e. The lowest BCUT2D eigenvalue weighted by Gasteiger charge is -2.19. The summed E-state index contributed by atoms with van der Waals surface area (Å²) in [6.45, 7) is 5.65. The van der Waals surface area contributed by atoms with Crippen LogP contribution in [-0.4, -0.2) is 28.2 Å². The molecule has 0 spiro atoms. The number of nitrogens with one attached hydrogen (secondary N) is 2. The lowest BCUT2D eigenvalue weighted by Crippen LogP contribution is -2.40. The standard InChI is InChI=1S/C12H17BrN2O3.C7H5BrO2/c1-12(2,3)18-11(17)15-14-7-8-6-9(13)4-5-10(8)16;8-6-1-2-7(10)5(3-6)4-9/h4-6,14,16H,7H2,1-3H3,(H,15,17);1-4,10H. The number of aldehydes is 1. The second-order valence-corrected chi connectivity index (χ2v) is 8.41. The SMILES string of the molecule is CC(C)(C)OC(=O)NNCc1cc(Br)ccc1O.O=Cc1cc(Br)ccc1O. The van der Waals surface area contributed by atoms with Crippen LogP contribution in [0.4, 0.5) is 4.79 Å². The number of hydrogen-bond acceptors (Lipinski definition) is 6. The highest BCUT2D eigenvalue weighted by molar-refractivity contribution is 9.10. The van der Waals surface area contributed by atoms with Gasteiger partial charge in [-0.1, -0.05) is 31.9 Å². The fourth-order valence-electron chi connectivity index (χ4n) is 1.83. The number of halogens is 2. The number of phenolic OH excluding ortho intramolecular Hbond substituents is 2. The van der Waals surface area contributed by atoms with E-state index in [2.05, 4.69) is 42.7 Å². The Balaban J connectivity index is 0.000000330. The fraction of sp³-hybridized carbons (Fsp3) is 0.263. The third kappa shape index (κ3) is 9.20. The number of aromatic hydroxyl groups is 2. The Morgan fingerprint density at radius 2 is 1.64 bits per heavy atom. The Bertz CT molecular complexity index is 822. The molecule has 0 aromatic heterocycles. The van der Waals surface area contributed by atoms with Crippen molar-refractivity contribution < 1.29 is 24.5 Å². The lowest BCUT2D eigenvalue weighted by atomic mass is 10.2. The summed E-state index contributed by atoms with van der Waals surface area (Å²) >= 11 is 6.47. The minimum Gasteiger partial charge on any atom is -0.508 e. The van der Waals surface area contributed by atoms with Crippen molar-refractivity contribution in [2.75, 3.05) is 0 Å². The van der Waals surface area contributed by atoms with Crippen molar-refractivity contribution in [3.05, 3.63) is 56.5 Å². The fourth-order valence-corrected chi connectivity index (χ4v) is 2.62. The molecule has 2 aromatic rings. The van der Waals surface area contributed by atoms with Gasteiger partial charge in [0.05, 0.1) is 5.56 Å². The van der Waals surface area contributed by atoms with Gasteiger partial charge in [-0.2, -0.15) is 0 Å².